The number of aromatic nitrogens is 2. The Hall–Kier alpha value is -1.00. The van der Waals surface area contributed by atoms with E-state index in [1.165, 1.54) is 11.3 Å². The maximum absolute atomic E-state index is 5.83. The van der Waals surface area contributed by atoms with Crippen LogP contribution in [0.1, 0.15) is 42.5 Å². The fourth-order valence-corrected chi connectivity index (χ4v) is 2.70. The van der Waals surface area contributed by atoms with Crippen molar-refractivity contribution in [3.05, 3.63) is 22.8 Å². The van der Waals surface area contributed by atoms with Crippen LogP contribution in [0.15, 0.2) is 0 Å². The number of rotatable bonds is 1. The molecule has 1 N–H and O–H groups in total. The van der Waals surface area contributed by atoms with Gasteiger partial charge in [0, 0.05) is 37.4 Å². The zero-order valence-electron chi connectivity index (χ0n) is 10.5. The van der Waals surface area contributed by atoms with Crippen molar-refractivity contribution in [2.24, 2.45) is 0 Å². The normalized spacial score (nSPS) is 28.1. The van der Waals surface area contributed by atoms with Crippen LogP contribution in [0.3, 0.4) is 0 Å². The number of nitrogens with zero attached hydrogens (tertiary/aromatic N) is 2. The van der Waals surface area contributed by atoms with Crippen molar-refractivity contribution in [2.75, 3.05) is 13.2 Å². The van der Waals surface area contributed by atoms with E-state index in [4.69, 9.17) is 9.72 Å². The molecule has 1 saturated heterocycles. The predicted octanol–water partition coefficient (Wildman–Crippen LogP) is 1.46. The lowest BCUT2D eigenvalue weighted by Crippen LogP contribution is -2.30. The number of ether oxygens (including phenoxy) is 1. The summed E-state index contributed by atoms with van der Waals surface area (Å²) in [4.78, 5) is 9.42. The highest BCUT2D eigenvalue weighted by molar-refractivity contribution is 5.28. The lowest BCUT2D eigenvalue weighted by atomic mass is 9.99. The molecule has 0 radical (unpaired) electrons. The second-order valence-electron chi connectivity index (χ2n) is 5.17. The first kappa shape index (κ1) is 11.1. The molecule has 1 atom stereocenters. The molecule has 2 aliphatic rings. The average Bonchev–Trinajstić information content (AvgIpc) is 2.78. The van der Waals surface area contributed by atoms with Crippen LogP contribution < -0.4 is 5.32 Å². The van der Waals surface area contributed by atoms with Crippen molar-refractivity contribution in [3.63, 3.8) is 0 Å². The number of fused-ring (bicyclic) bond motifs is 1. The summed E-state index contributed by atoms with van der Waals surface area (Å²) in [5.41, 5.74) is 3.34. The highest BCUT2D eigenvalue weighted by atomic mass is 16.5. The third kappa shape index (κ3) is 1.85. The van der Waals surface area contributed by atoms with Crippen LogP contribution in [0.2, 0.25) is 0 Å². The van der Waals surface area contributed by atoms with E-state index in [1.807, 2.05) is 0 Å². The van der Waals surface area contributed by atoms with Crippen molar-refractivity contribution in [1.29, 1.82) is 0 Å². The monoisotopic (exact) mass is 233 g/mol. The van der Waals surface area contributed by atoms with Crippen molar-refractivity contribution in [3.8, 4) is 0 Å². The van der Waals surface area contributed by atoms with Gasteiger partial charge >= 0.3 is 0 Å². The Labute approximate surface area is 102 Å². The lowest BCUT2D eigenvalue weighted by Gasteiger charge is -2.25. The lowest BCUT2D eigenvalue weighted by molar-refractivity contribution is 0.00893. The molecule has 0 spiro atoms. The van der Waals surface area contributed by atoms with E-state index < -0.39 is 0 Å². The molecular formula is C13H19N3O. The van der Waals surface area contributed by atoms with Crippen molar-refractivity contribution in [2.45, 2.75) is 45.3 Å². The van der Waals surface area contributed by atoms with Crippen molar-refractivity contribution < 1.29 is 4.74 Å². The first-order valence-electron chi connectivity index (χ1n) is 6.40. The second kappa shape index (κ2) is 4.03. The van der Waals surface area contributed by atoms with Gasteiger partial charge in [-0.15, -0.1) is 0 Å². The molecule has 3 rings (SSSR count). The molecule has 0 aliphatic carbocycles. The van der Waals surface area contributed by atoms with Gasteiger partial charge in [-0.05, 0) is 26.7 Å². The van der Waals surface area contributed by atoms with Crippen LogP contribution in [-0.4, -0.2) is 23.1 Å². The number of hydrogen-bond donors (Lipinski definition) is 1. The summed E-state index contributed by atoms with van der Waals surface area (Å²) in [6.45, 7) is 6.94. The Morgan fingerprint density at radius 3 is 3.00 bits per heavy atom. The van der Waals surface area contributed by atoms with E-state index >= 15 is 0 Å². The van der Waals surface area contributed by atoms with Gasteiger partial charge in [-0.2, -0.15) is 0 Å². The average molecular weight is 233 g/mol. The summed E-state index contributed by atoms with van der Waals surface area (Å²) in [6, 6.07) is 0. The molecule has 1 aromatic rings. The largest absolute Gasteiger partial charge is 0.367 e. The first-order valence-corrected chi connectivity index (χ1v) is 6.40. The summed E-state index contributed by atoms with van der Waals surface area (Å²) in [5, 5.41) is 3.37. The molecule has 0 bridgehead atoms. The van der Waals surface area contributed by atoms with Gasteiger partial charge in [-0.3, -0.25) is 0 Å². The SMILES string of the molecule is Cc1nc(C2(C)CCCO2)nc2c1CNCC2. The van der Waals surface area contributed by atoms with Crippen LogP contribution >= 0.6 is 0 Å². The zero-order chi connectivity index (χ0) is 11.9. The van der Waals surface area contributed by atoms with Gasteiger partial charge in [0.15, 0.2) is 5.82 Å². The molecule has 3 heterocycles. The van der Waals surface area contributed by atoms with E-state index in [9.17, 15) is 0 Å². The van der Waals surface area contributed by atoms with E-state index in [1.54, 1.807) is 0 Å². The maximum atomic E-state index is 5.83. The van der Waals surface area contributed by atoms with Crippen LogP contribution in [0.4, 0.5) is 0 Å². The Morgan fingerprint density at radius 1 is 1.35 bits per heavy atom. The molecule has 0 amide bonds. The summed E-state index contributed by atoms with van der Waals surface area (Å²) >= 11 is 0. The molecule has 2 aliphatic heterocycles. The van der Waals surface area contributed by atoms with Gasteiger partial charge in [-0.25, -0.2) is 9.97 Å². The Kier molecular flexibility index (Phi) is 2.64. The topological polar surface area (TPSA) is 47.0 Å². The zero-order valence-corrected chi connectivity index (χ0v) is 10.5. The van der Waals surface area contributed by atoms with Gasteiger partial charge < -0.3 is 10.1 Å². The van der Waals surface area contributed by atoms with Gasteiger partial charge in [0.2, 0.25) is 0 Å². The third-order valence-electron chi connectivity index (χ3n) is 3.83. The Balaban J connectivity index is 2.04. The Morgan fingerprint density at radius 2 is 2.24 bits per heavy atom. The summed E-state index contributed by atoms with van der Waals surface area (Å²) in [5.74, 6) is 0.883. The fraction of sp³-hybridized carbons (Fsp3) is 0.692. The third-order valence-corrected chi connectivity index (χ3v) is 3.83. The van der Waals surface area contributed by atoms with Crippen LogP contribution in [0.25, 0.3) is 0 Å². The highest BCUT2D eigenvalue weighted by Gasteiger charge is 2.35. The molecule has 92 valence electrons. The molecule has 4 heteroatoms. The van der Waals surface area contributed by atoms with Gasteiger partial charge in [0.05, 0.1) is 5.69 Å². The van der Waals surface area contributed by atoms with Crippen molar-refractivity contribution in [1.82, 2.24) is 15.3 Å². The summed E-state index contributed by atoms with van der Waals surface area (Å²) in [7, 11) is 0. The number of aryl methyl sites for hydroxylation is 1. The van der Waals surface area contributed by atoms with E-state index in [2.05, 4.69) is 24.1 Å². The number of hydrogen-bond acceptors (Lipinski definition) is 4. The number of nitrogens with one attached hydrogen (secondary N) is 1. The van der Waals surface area contributed by atoms with Crippen LogP contribution in [0.5, 0.6) is 0 Å². The van der Waals surface area contributed by atoms with E-state index in [0.29, 0.717) is 0 Å². The van der Waals surface area contributed by atoms with Crippen LogP contribution in [-0.2, 0) is 23.3 Å². The summed E-state index contributed by atoms with van der Waals surface area (Å²) in [6.07, 6.45) is 3.14. The van der Waals surface area contributed by atoms with Gasteiger partial charge in [0.1, 0.15) is 5.60 Å². The summed E-state index contributed by atoms with van der Waals surface area (Å²) < 4.78 is 5.83. The van der Waals surface area contributed by atoms with E-state index in [0.717, 1.165) is 50.5 Å². The first-order chi connectivity index (χ1) is 8.19. The van der Waals surface area contributed by atoms with Gasteiger partial charge in [0.25, 0.3) is 0 Å². The van der Waals surface area contributed by atoms with E-state index in [-0.39, 0.29) is 5.60 Å². The predicted molar refractivity (Wildman–Crippen MR) is 64.7 cm³/mol. The van der Waals surface area contributed by atoms with Crippen LogP contribution in [0, 0.1) is 6.92 Å². The molecule has 1 aromatic heterocycles. The second-order valence-corrected chi connectivity index (χ2v) is 5.17. The van der Waals surface area contributed by atoms with Gasteiger partial charge in [-0.1, -0.05) is 0 Å². The highest BCUT2D eigenvalue weighted by Crippen LogP contribution is 2.34. The minimum Gasteiger partial charge on any atom is -0.367 e. The molecule has 17 heavy (non-hydrogen) atoms. The molecular weight excluding hydrogens is 214 g/mol. The quantitative estimate of drug-likeness (QED) is 0.797. The standard InChI is InChI=1S/C13H19N3O/c1-9-10-8-14-6-4-11(10)16-12(15-9)13(2)5-3-7-17-13/h14H,3-8H2,1-2H3. The fourth-order valence-electron chi connectivity index (χ4n) is 2.70. The van der Waals surface area contributed by atoms with Crippen molar-refractivity contribution >= 4 is 0 Å². The minimum absolute atomic E-state index is 0.259. The maximum Gasteiger partial charge on any atom is 0.160 e. The molecule has 1 fully saturated rings. The molecule has 0 aromatic carbocycles. The Bertz CT molecular complexity index is 439. The molecule has 0 saturated carbocycles. The smallest absolute Gasteiger partial charge is 0.160 e. The minimum atomic E-state index is -0.259. The molecule has 4 nitrogen and oxygen atoms in total. The molecule has 1 unspecified atom stereocenters.